The zero-order valence-corrected chi connectivity index (χ0v) is 19.1. The Balaban J connectivity index is 1.53. The van der Waals surface area contributed by atoms with Crippen LogP contribution in [0.25, 0.3) is 0 Å². The number of nitrogens with two attached hydrogens (primary N) is 2. The van der Waals surface area contributed by atoms with Gasteiger partial charge in [-0.1, -0.05) is 12.5 Å². The van der Waals surface area contributed by atoms with Gasteiger partial charge in [0.25, 0.3) is 5.91 Å². The number of nitrogen functional groups attached to an aromatic ring is 1. The molecule has 2 amide bonds. The van der Waals surface area contributed by atoms with Gasteiger partial charge in [0.1, 0.15) is 28.6 Å². The standard InChI is InChI=1S/C24H26N6O4/c1-4-19(31)30-12-24(13-30)10-15(11-24)27-23-28-18(20(22(26)32)21(25)29-23)6-5-14-7-16(33-2)9-17(8-14)34-3/h4,7-9,15H,1,10-13H2,2-3H3,(H2,26,32)(H3,25,27,28,29). The van der Waals surface area contributed by atoms with Crippen LogP contribution in [-0.2, 0) is 4.79 Å². The maximum absolute atomic E-state index is 12.0. The molecule has 1 aliphatic carbocycles. The number of carbonyl (C=O) groups is 2. The number of nitrogens with zero attached hydrogens (tertiary/aromatic N) is 3. The van der Waals surface area contributed by atoms with Crippen LogP contribution in [0.3, 0.4) is 0 Å². The van der Waals surface area contributed by atoms with Crippen molar-refractivity contribution < 1.29 is 19.1 Å². The molecule has 2 heterocycles. The molecule has 1 aromatic heterocycles. The third-order valence-electron chi connectivity index (χ3n) is 6.09. The number of likely N-dealkylation sites (tertiary alicyclic amines) is 1. The third-order valence-corrected chi connectivity index (χ3v) is 6.09. The number of aromatic nitrogens is 2. The maximum Gasteiger partial charge on any atom is 0.255 e. The Labute approximate surface area is 197 Å². The number of nitrogens with one attached hydrogen (secondary N) is 1. The average molecular weight is 463 g/mol. The second-order valence-corrected chi connectivity index (χ2v) is 8.52. The number of hydrogen-bond acceptors (Lipinski definition) is 8. The molecule has 2 aromatic rings. The van der Waals surface area contributed by atoms with Gasteiger partial charge in [-0.3, -0.25) is 9.59 Å². The fourth-order valence-corrected chi connectivity index (χ4v) is 4.46. The second kappa shape index (κ2) is 8.94. The number of hydrogen-bond donors (Lipinski definition) is 3. The van der Waals surface area contributed by atoms with Gasteiger partial charge in [0.2, 0.25) is 11.9 Å². The minimum atomic E-state index is -0.763. The normalized spacial score (nSPS) is 15.9. The van der Waals surface area contributed by atoms with Crippen LogP contribution in [0.5, 0.6) is 11.5 Å². The molecule has 1 aliphatic heterocycles. The van der Waals surface area contributed by atoms with Crippen molar-refractivity contribution in [3.8, 4) is 23.3 Å². The highest BCUT2D eigenvalue weighted by Gasteiger charge is 2.53. The smallest absolute Gasteiger partial charge is 0.255 e. The molecule has 0 radical (unpaired) electrons. The molecule has 2 fully saturated rings. The number of methoxy groups -OCH3 is 2. The number of benzene rings is 1. The molecular weight excluding hydrogens is 436 g/mol. The highest BCUT2D eigenvalue weighted by atomic mass is 16.5. The van der Waals surface area contributed by atoms with E-state index in [0.29, 0.717) is 17.1 Å². The molecule has 0 unspecified atom stereocenters. The number of ether oxygens (including phenoxy) is 2. The lowest BCUT2D eigenvalue weighted by Gasteiger charge is -2.58. The fourth-order valence-electron chi connectivity index (χ4n) is 4.46. The van der Waals surface area contributed by atoms with Gasteiger partial charge in [0.15, 0.2) is 0 Å². The Bertz CT molecular complexity index is 1200. The molecule has 1 spiro atoms. The summed E-state index contributed by atoms with van der Waals surface area (Å²) in [5.74, 6) is 6.41. The van der Waals surface area contributed by atoms with E-state index in [9.17, 15) is 9.59 Å². The van der Waals surface area contributed by atoms with Crippen molar-refractivity contribution in [1.29, 1.82) is 0 Å². The molecule has 0 atom stereocenters. The van der Waals surface area contributed by atoms with E-state index in [1.807, 2.05) is 0 Å². The molecule has 5 N–H and O–H groups in total. The quantitative estimate of drug-likeness (QED) is 0.428. The van der Waals surface area contributed by atoms with Crippen LogP contribution >= 0.6 is 0 Å². The van der Waals surface area contributed by atoms with E-state index in [0.717, 1.165) is 25.9 Å². The van der Waals surface area contributed by atoms with Crippen molar-refractivity contribution in [2.24, 2.45) is 11.1 Å². The Morgan fingerprint density at radius 3 is 2.38 bits per heavy atom. The van der Waals surface area contributed by atoms with Crippen molar-refractivity contribution >= 4 is 23.6 Å². The van der Waals surface area contributed by atoms with Crippen LogP contribution in [0.4, 0.5) is 11.8 Å². The molecule has 1 saturated heterocycles. The second-order valence-electron chi connectivity index (χ2n) is 8.52. The van der Waals surface area contributed by atoms with E-state index in [-0.39, 0.29) is 40.4 Å². The fraction of sp³-hybridized carbons (Fsp3) is 0.333. The van der Waals surface area contributed by atoms with Crippen molar-refractivity contribution in [3.05, 3.63) is 47.7 Å². The van der Waals surface area contributed by atoms with E-state index >= 15 is 0 Å². The summed E-state index contributed by atoms with van der Waals surface area (Å²) in [7, 11) is 3.09. The Kier molecular flexibility index (Phi) is 6.03. The zero-order valence-electron chi connectivity index (χ0n) is 19.1. The molecular formula is C24H26N6O4. The lowest BCUT2D eigenvalue weighted by molar-refractivity contribution is -0.144. The lowest BCUT2D eigenvalue weighted by atomic mass is 9.60. The minimum Gasteiger partial charge on any atom is -0.497 e. The molecule has 4 rings (SSSR count). The van der Waals surface area contributed by atoms with Crippen molar-refractivity contribution in [2.75, 3.05) is 38.4 Å². The number of anilines is 2. The highest BCUT2D eigenvalue weighted by Crippen LogP contribution is 2.49. The van der Waals surface area contributed by atoms with E-state index in [2.05, 4.69) is 33.7 Å². The SMILES string of the molecule is C=CC(=O)N1CC2(CC(Nc3nc(N)c(C(N)=O)c(C#Cc4cc(OC)cc(OC)c4)n3)C2)C1. The van der Waals surface area contributed by atoms with Crippen LogP contribution in [0, 0.1) is 17.3 Å². The van der Waals surface area contributed by atoms with Crippen LogP contribution in [-0.4, -0.2) is 60.0 Å². The molecule has 1 saturated carbocycles. The summed E-state index contributed by atoms with van der Waals surface area (Å²) in [5.41, 5.74) is 12.4. The van der Waals surface area contributed by atoms with Crippen molar-refractivity contribution in [3.63, 3.8) is 0 Å². The van der Waals surface area contributed by atoms with Gasteiger partial charge >= 0.3 is 0 Å². The summed E-state index contributed by atoms with van der Waals surface area (Å²) < 4.78 is 10.5. The van der Waals surface area contributed by atoms with Gasteiger partial charge in [-0.2, -0.15) is 4.98 Å². The average Bonchev–Trinajstić information content (AvgIpc) is 2.76. The largest absolute Gasteiger partial charge is 0.497 e. The third kappa shape index (κ3) is 4.45. The van der Waals surface area contributed by atoms with Gasteiger partial charge in [0, 0.05) is 36.2 Å². The topological polar surface area (TPSA) is 146 Å². The number of carbonyl (C=O) groups excluding carboxylic acids is 2. The van der Waals surface area contributed by atoms with Crippen LogP contribution in [0.2, 0.25) is 0 Å². The number of rotatable bonds is 6. The van der Waals surface area contributed by atoms with Crippen molar-refractivity contribution in [2.45, 2.75) is 18.9 Å². The Hall–Kier alpha value is -4.26. The monoisotopic (exact) mass is 462 g/mol. The van der Waals surface area contributed by atoms with Gasteiger partial charge in [-0.05, 0) is 37.0 Å². The van der Waals surface area contributed by atoms with Gasteiger partial charge in [-0.25, -0.2) is 4.98 Å². The lowest BCUT2D eigenvalue weighted by Crippen LogP contribution is -2.66. The molecule has 10 nitrogen and oxygen atoms in total. The zero-order chi connectivity index (χ0) is 24.5. The number of amides is 2. The first-order chi connectivity index (χ1) is 16.3. The Morgan fingerprint density at radius 1 is 1.18 bits per heavy atom. The Morgan fingerprint density at radius 2 is 1.82 bits per heavy atom. The number of primary amides is 1. The van der Waals surface area contributed by atoms with Gasteiger partial charge in [-0.15, -0.1) is 0 Å². The first kappa shape index (κ1) is 22.9. The van der Waals surface area contributed by atoms with Crippen molar-refractivity contribution in [1.82, 2.24) is 14.9 Å². The summed E-state index contributed by atoms with van der Waals surface area (Å²) in [6.07, 6.45) is 3.08. The van der Waals surface area contributed by atoms with E-state index in [1.54, 1.807) is 37.3 Å². The van der Waals surface area contributed by atoms with Crippen LogP contribution in [0.15, 0.2) is 30.9 Å². The molecule has 34 heavy (non-hydrogen) atoms. The van der Waals surface area contributed by atoms with Crippen LogP contribution < -0.4 is 26.3 Å². The predicted molar refractivity (Wildman–Crippen MR) is 126 cm³/mol. The van der Waals surface area contributed by atoms with Gasteiger partial charge in [0.05, 0.1) is 14.2 Å². The highest BCUT2D eigenvalue weighted by molar-refractivity contribution is 5.99. The van der Waals surface area contributed by atoms with E-state index in [1.165, 1.54) is 6.08 Å². The molecule has 2 aliphatic rings. The van der Waals surface area contributed by atoms with Crippen LogP contribution in [0.1, 0.15) is 34.5 Å². The first-order valence-electron chi connectivity index (χ1n) is 10.7. The van der Waals surface area contributed by atoms with Gasteiger partial charge < -0.3 is 31.2 Å². The van der Waals surface area contributed by atoms with E-state index < -0.39 is 5.91 Å². The predicted octanol–water partition coefficient (Wildman–Crippen LogP) is 1.16. The minimum absolute atomic E-state index is 0.0319. The summed E-state index contributed by atoms with van der Waals surface area (Å²) in [4.78, 5) is 34.1. The maximum atomic E-state index is 12.0. The summed E-state index contributed by atoms with van der Waals surface area (Å²) in [6.45, 7) is 4.97. The molecule has 176 valence electrons. The summed E-state index contributed by atoms with van der Waals surface area (Å²) >= 11 is 0. The molecule has 10 heteroatoms. The molecule has 1 aromatic carbocycles. The van der Waals surface area contributed by atoms with E-state index in [4.69, 9.17) is 20.9 Å². The first-order valence-corrected chi connectivity index (χ1v) is 10.7. The summed E-state index contributed by atoms with van der Waals surface area (Å²) in [6, 6.07) is 5.32. The summed E-state index contributed by atoms with van der Waals surface area (Å²) in [5, 5.41) is 3.26. The molecule has 0 bridgehead atoms.